The minimum Gasteiger partial charge on any atom is -0.478 e. The molecule has 1 saturated heterocycles. The molecule has 2 rings (SSSR count). The lowest BCUT2D eigenvalue weighted by Crippen LogP contribution is -2.27. The first kappa shape index (κ1) is 14.5. The summed E-state index contributed by atoms with van der Waals surface area (Å²) in [6.07, 6.45) is 8.16. The molecule has 2 heterocycles. The molecule has 1 fully saturated rings. The summed E-state index contributed by atoms with van der Waals surface area (Å²) in [6, 6.07) is 3.60. The fraction of sp³-hybridized carbons (Fsp3) is 0.643. The van der Waals surface area contributed by atoms with Gasteiger partial charge in [-0.05, 0) is 50.8 Å². The number of nitrogens with one attached hydrogen (secondary N) is 1. The van der Waals surface area contributed by atoms with Crippen molar-refractivity contribution in [3.63, 3.8) is 0 Å². The number of rotatable bonds is 6. The number of piperidine rings is 1. The van der Waals surface area contributed by atoms with Crippen molar-refractivity contribution in [1.29, 1.82) is 0 Å². The Kier molecular flexibility index (Phi) is 5.79. The van der Waals surface area contributed by atoms with Crippen LogP contribution in [0.2, 0.25) is 0 Å². The summed E-state index contributed by atoms with van der Waals surface area (Å²) in [6.45, 7) is 3.02. The first-order valence-corrected chi connectivity index (χ1v) is 8.44. The van der Waals surface area contributed by atoms with Crippen molar-refractivity contribution in [2.24, 2.45) is 5.92 Å². The van der Waals surface area contributed by atoms with E-state index in [2.05, 4.69) is 10.3 Å². The molecule has 4 nitrogen and oxygen atoms in total. The minimum atomic E-state index is -0.972. The summed E-state index contributed by atoms with van der Waals surface area (Å²) >= 11 is 0. The molecule has 0 aromatic carbocycles. The van der Waals surface area contributed by atoms with E-state index in [0.29, 0.717) is 12.5 Å². The third kappa shape index (κ3) is 4.91. The minimum absolute atomic E-state index is 0.625. The van der Waals surface area contributed by atoms with Crippen molar-refractivity contribution < 1.29 is 8.95 Å². The lowest BCUT2D eigenvalue weighted by atomic mass is 9.93. The van der Waals surface area contributed by atoms with E-state index >= 15 is 0 Å². The molecule has 0 radical (unpaired) electrons. The molecule has 1 N–H and O–H groups in total. The molecule has 0 bridgehead atoms. The summed E-state index contributed by atoms with van der Waals surface area (Å²) in [7, 11) is -0.972. The van der Waals surface area contributed by atoms with Gasteiger partial charge >= 0.3 is 0 Å². The van der Waals surface area contributed by atoms with Crippen molar-refractivity contribution in [1.82, 2.24) is 10.3 Å². The Morgan fingerprint density at radius 1 is 1.42 bits per heavy atom. The van der Waals surface area contributed by atoms with E-state index in [1.165, 1.54) is 19.3 Å². The number of hydrogen-bond acceptors (Lipinski definition) is 4. The molecule has 1 atom stereocenters. The summed E-state index contributed by atoms with van der Waals surface area (Å²) in [5, 5.41) is 3.38. The molecule has 0 aliphatic carbocycles. The van der Waals surface area contributed by atoms with Crippen molar-refractivity contribution >= 4 is 10.8 Å². The molecule has 1 aromatic heterocycles. The van der Waals surface area contributed by atoms with Gasteiger partial charge in [0.05, 0.1) is 22.3 Å². The Labute approximate surface area is 117 Å². The highest BCUT2D eigenvalue weighted by molar-refractivity contribution is 7.84. The Morgan fingerprint density at radius 3 is 2.84 bits per heavy atom. The van der Waals surface area contributed by atoms with Crippen LogP contribution in [-0.4, -0.2) is 35.1 Å². The van der Waals surface area contributed by atoms with Gasteiger partial charge in [-0.2, -0.15) is 0 Å². The van der Waals surface area contributed by atoms with Crippen LogP contribution < -0.4 is 10.1 Å². The Bertz CT molecular complexity index is 402. The monoisotopic (exact) mass is 282 g/mol. The van der Waals surface area contributed by atoms with Gasteiger partial charge in [-0.25, -0.2) is 4.98 Å². The maximum absolute atomic E-state index is 11.2. The second-order valence-electron chi connectivity index (χ2n) is 4.97. The normalized spacial score (nSPS) is 18.2. The Balaban J connectivity index is 1.66. The van der Waals surface area contributed by atoms with Crippen molar-refractivity contribution in [2.45, 2.75) is 30.6 Å². The predicted octanol–water partition coefficient (Wildman–Crippen LogP) is 1.98. The number of nitrogens with zero attached hydrogens (tertiary/aromatic N) is 1. The lowest BCUT2D eigenvalue weighted by Gasteiger charge is -2.22. The van der Waals surface area contributed by atoms with E-state index in [-0.39, 0.29) is 0 Å². The fourth-order valence-electron chi connectivity index (χ4n) is 2.34. The van der Waals surface area contributed by atoms with E-state index in [4.69, 9.17) is 4.74 Å². The highest BCUT2D eigenvalue weighted by atomic mass is 32.2. The zero-order valence-corrected chi connectivity index (χ0v) is 12.2. The van der Waals surface area contributed by atoms with Crippen LogP contribution in [0.25, 0.3) is 0 Å². The molecular formula is C14H22N2O2S. The molecule has 19 heavy (non-hydrogen) atoms. The summed E-state index contributed by atoms with van der Waals surface area (Å²) in [5.74, 6) is 1.47. The maximum Gasteiger partial charge on any atom is 0.213 e. The molecule has 1 aliphatic heterocycles. The van der Waals surface area contributed by atoms with E-state index in [9.17, 15) is 4.21 Å². The Hall–Kier alpha value is -0.940. The fourth-order valence-corrected chi connectivity index (χ4v) is 2.80. The third-order valence-corrected chi connectivity index (χ3v) is 4.41. The average molecular weight is 282 g/mol. The SMILES string of the molecule is CS(=O)c1ccc(OCCCC2CCNCC2)nc1. The van der Waals surface area contributed by atoms with Gasteiger partial charge in [-0.1, -0.05) is 0 Å². The zero-order chi connectivity index (χ0) is 13.5. The molecule has 0 saturated carbocycles. The van der Waals surface area contributed by atoms with E-state index in [0.717, 1.165) is 30.3 Å². The summed E-state index contributed by atoms with van der Waals surface area (Å²) < 4.78 is 16.8. The highest BCUT2D eigenvalue weighted by Crippen LogP contribution is 2.18. The van der Waals surface area contributed by atoms with Crippen LogP contribution in [0.1, 0.15) is 25.7 Å². The summed E-state index contributed by atoms with van der Waals surface area (Å²) in [5.41, 5.74) is 0. The quantitative estimate of drug-likeness (QED) is 0.811. The van der Waals surface area contributed by atoms with Crippen molar-refractivity contribution in [2.75, 3.05) is 26.0 Å². The molecular weight excluding hydrogens is 260 g/mol. The first-order chi connectivity index (χ1) is 9.25. The number of hydrogen-bond donors (Lipinski definition) is 1. The van der Waals surface area contributed by atoms with Gasteiger partial charge < -0.3 is 10.1 Å². The molecule has 0 spiro atoms. The second-order valence-corrected chi connectivity index (χ2v) is 6.35. The first-order valence-electron chi connectivity index (χ1n) is 6.88. The molecule has 1 aliphatic rings. The van der Waals surface area contributed by atoms with Gasteiger partial charge in [-0.15, -0.1) is 0 Å². The largest absolute Gasteiger partial charge is 0.478 e. The summed E-state index contributed by atoms with van der Waals surface area (Å²) in [4.78, 5) is 4.90. The zero-order valence-electron chi connectivity index (χ0n) is 11.4. The molecule has 1 aromatic rings. The van der Waals surface area contributed by atoms with E-state index in [1.807, 2.05) is 6.07 Å². The van der Waals surface area contributed by atoms with E-state index < -0.39 is 10.8 Å². The van der Waals surface area contributed by atoms with Gasteiger partial charge in [-0.3, -0.25) is 4.21 Å². The number of ether oxygens (including phenoxy) is 1. The molecule has 0 amide bonds. The topological polar surface area (TPSA) is 51.2 Å². The smallest absolute Gasteiger partial charge is 0.213 e. The van der Waals surface area contributed by atoms with Crippen LogP contribution in [-0.2, 0) is 10.8 Å². The van der Waals surface area contributed by atoms with Gasteiger partial charge in [0.1, 0.15) is 0 Å². The highest BCUT2D eigenvalue weighted by Gasteiger charge is 2.12. The van der Waals surface area contributed by atoms with Crippen LogP contribution in [0.4, 0.5) is 0 Å². The van der Waals surface area contributed by atoms with Crippen LogP contribution >= 0.6 is 0 Å². The number of aromatic nitrogens is 1. The van der Waals surface area contributed by atoms with Crippen molar-refractivity contribution in [3.8, 4) is 5.88 Å². The van der Waals surface area contributed by atoms with Crippen molar-refractivity contribution in [3.05, 3.63) is 18.3 Å². The van der Waals surface area contributed by atoms with Gasteiger partial charge in [0.25, 0.3) is 0 Å². The van der Waals surface area contributed by atoms with Crippen LogP contribution in [0.3, 0.4) is 0 Å². The molecule has 106 valence electrons. The number of pyridine rings is 1. The van der Waals surface area contributed by atoms with Gasteiger partial charge in [0.15, 0.2) is 0 Å². The third-order valence-electron chi connectivity index (χ3n) is 3.51. The standard InChI is InChI=1S/C14H22N2O2S/c1-19(17)13-4-5-14(16-11-13)18-10-2-3-12-6-8-15-9-7-12/h4-5,11-12,15H,2-3,6-10H2,1H3. The molecule has 5 heteroatoms. The average Bonchev–Trinajstić information content (AvgIpc) is 2.45. The maximum atomic E-state index is 11.2. The second kappa shape index (κ2) is 7.60. The van der Waals surface area contributed by atoms with Crippen LogP contribution in [0, 0.1) is 5.92 Å². The van der Waals surface area contributed by atoms with Crippen LogP contribution in [0.5, 0.6) is 5.88 Å². The van der Waals surface area contributed by atoms with Gasteiger partial charge in [0, 0.05) is 18.5 Å². The van der Waals surface area contributed by atoms with Crippen LogP contribution in [0.15, 0.2) is 23.2 Å². The van der Waals surface area contributed by atoms with Gasteiger partial charge in [0.2, 0.25) is 5.88 Å². The molecule has 1 unspecified atom stereocenters. The predicted molar refractivity (Wildman–Crippen MR) is 76.9 cm³/mol. The Morgan fingerprint density at radius 2 is 2.21 bits per heavy atom. The van der Waals surface area contributed by atoms with E-state index in [1.54, 1.807) is 18.5 Å². The lowest BCUT2D eigenvalue weighted by molar-refractivity contribution is 0.266.